The summed E-state index contributed by atoms with van der Waals surface area (Å²) in [6, 6.07) is 0.431. The maximum absolute atomic E-state index is 11.9. The van der Waals surface area contributed by atoms with Gasteiger partial charge in [0.25, 0.3) is 0 Å². The third-order valence-electron chi connectivity index (χ3n) is 4.67. The molecule has 2 unspecified atom stereocenters. The van der Waals surface area contributed by atoms with Crippen LogP contribution in [0.3, 0.4) is 0 Å². The van der Waals surface area contributed by atoms with E-state index in [1.165, 1.54) is 6.26 Å². The molecular weight excluding hydrogens is 260 g/mol. The summed E-state index contributed by atoms with van der Waals surface area (Å²) in [4.78, 5) is 2.36. The number of piperazine rings is 1. The summed E-state index contributed by atoms with van der Waals surface area (Å²) < 4.78 is 23.1. The zero-order valence-electron chi connectivity index (χ0n) is 13.3. The van der Waals surface area contributed by atoms with Crippen LogP contribution in [-0.2, 0) is 9.84 Å². The average molecular weight is 290 g/mol. The Balaban J connectivity index is 2.88. The number of hydrogen-bond donors (Lipinski definition) is 1. The number of hydrogen-bond acceptors (Lipinski definition) is 4. The molecule has 5 heteroatoms. The first-order valence-corrected chi connectivity index (χ1v) is 9.12. The van der Waals surface area contributed by atoms with Crippen LogP contribution in [0.25, 0.3) is 0 Å². The summed E-state index contributed by atoms with van der Waals surface area (Å²) in [6.07, 6.45) is 3.45. The lowest BCUT2D eigenvalue weighted by Crippen LogP contribution is -2.64. The van der Waals surface area contributed by atoms with Crippen molar-refractivity contribution in [1.82, 2.24) is 10.2 Å². The highest BCUT2D eigenvalue weighted by atomic mass is 32.2. The molecule has 0 bridgehead atoms. The summed E-state index contributed by atoms with van der Waals surface area (Å²) >= 11 is 0. The predicted octanol–water partition coefficient (Wildman–Crippen LogP) is 1.66. The Morgan fingerprint density at radius 1 is 1.37 bits per heavy atom. The molecule has 1 rings (SSSR count). The zero-order chi connectivity index (χ0) is 14.9. The monoisotopic (exact) mass is 290 g/mol. The third-order valence-corrected chi connectivity index (χ3v) is 6.81. The normalized spacial score (nSPS) is 30.5. The summed E-state index contributed by atoms with van der Waals surface area (Å²) in [5.74, 6) is 0. The largest absolute Gasteiger partial charge is 0.309 e. The third kappa shape index (κ3) is 3.92. The van der Waals surface area contributed by atoms with Gasteiger partial charge in [-0.3, -0.25) is 4.90 Å². The first-order valence-electron chi connectivity index (χ1n) is 7.23. The predicted molar refractivity (Wildman–Crippen MR) is 81.3 cm³/mol. The van der Waals surface area contributed by atoms with E-state index >= 15 is 0 Å². The Bertz CT molecular complexity index is 406. The van der Waals surface area contributed by atoms with Crippen molar-refractivity contribution in [1.29, 1.82) is 0 Å². The van der Waals surface area contributed by atoms with Crippen LogP contribution in [0.2, 0.25) is 0 Å². The summed E-state index contributed by atoms with van der Waals surface area (Å²) in [6.45, 7) is 12.7. The van der Waals surface area contributed by atoms with Crippen molar-refractivity contribution in [3.63, 3.8) is 0 Å². The fourth-order valence-electron chi connectivity index (χ4n) is 2.56. The molecule has 1 saturated heterocycles. The Morgan fingerprint density at radius 2 is 1.95 bits per heavy atom. The van der Waals surface area contributed by atoms with Gasteiger partial charge >= 0.3 is 0 Å². The minimum Gasteiger partial charge on any atom is -0.309 e. The second-order valence-electron chi connectivity index (χ2n) is 6.79. The van der Waals surface area contributed by atoms with E-state index < -0.39 is 14.6 Å². The molecular formula is C14H30N2O2S. The molecule has 0 aromatic carbocycles. The van der Waals surface area contributed by atoms with Gasteiger partial charge in [-0.25, -0.2) is 8.42 Å². The number of rotatable bonds is 5. The first kappa shape index (κ1) is 16.9. The van der Waals surface area contributed by atoms with E-state index in [1.54, 1.807) is 0 Å². The number of sulfone groups is 1. The van der Waals surface area contributed by atoms with E-state index in [1.807, 2.05) is 13.8 Å². The van der Waals surface area contributed by atoms with E-state index in [-0.39, 0.29) is 5.54 Å². The highest BCUT2D eigenvalue weighted by Crippen LogP contribution is 2.25. The molecule has 4 nitrogen and oxygen atoms in total. The minimum atomic E-state index is -3.04. The molecule has 0 aromatic rings. The molecule has 1 aliphatic rings. The molecule has 1 heterocycles. The van der Waals surface area contributed by atoms with Gasteiger partial charge in [0.1, 0.15) is 0 Å². The summed E-state index contributed by atoms with van der Waals surface area (Å²) in [5.41, 5.74) is 0.0965. The molecule has 1 aliphatic heterocycles. The van der Waals surface area contributed by atoms with Crippen molar-refractivity contribution in [3.05, 3.63) is 0 Å². The maximum atomic E-state index is 11.9. The number of nitrogens with zero attached hydrogens (tertiary/aromatic N) is 1. The van der Waals surface area contributed by atoms with Crippen molar-refractivity contribution < 1.29 is 8.42 Å². The van der Waals surface area contributed by atoms with Gasteiger partial charge in [0.15, 0.2) is 9.84 Å². The van der Waals surface area contributed by atoms with Gasteiger partial charge in [-0.1, -0.05) is 13.8 Å². The van der Waals surface area contributed by atoms with Crippen molar-refractivity contribution in [2.45, 2.75) is 63.8 Å². The number of nitrogens with one attached hydrogen (secondary N) is 1. The molecule has 0 aromatic heterocycles. The van der Waals surface area contributed by atoms with E-state index in [0.717, 1.165) is 25.9 Å². The second kappa shape index (κ2) is 5.70. The van der Waals surface area contributed by atoms with Gasteiger partial charge < -0.3 is 5.32 Å². The molecule has 19 heavy (non-hydrogen) atoms. The molecule has 0 spiro atoms. The van der Waals surface area contributed by atoms with Crippen LogP contribution in [0, 0.1) is 0 Å². The minimum absolute atomic E-state index is 0.0965. The van der Waals surface area contributed by atoms with Crippen molar-refractivity contribution in [2.24, 2.45) is 0 Å². The second-order valence-corrected chi connectivity index (χ2v) is 9.44. The Morgan fingerprint density at radius 3 is 2.37 bits per heavy atom. The molecule has 0 amide bonds. The molecule has 1 fully saturated rings. The molecule has 1 N–H and O–H groups in total. The quantitative estimate of drug-likeness (QED) is 0.836. The molecule has 0 aliphatic carbocycles. The van der Waals surface area contributed by atoms with Gasteiger partial charge in [-0.15, -0.1) is 0 Å². The van der Waals surface area contributed by atoms with Gasteiger partial charge in [-0.05, 0) is 33.6 Å². The van der Waals surface area contributed by atoms with Gasteiger partial charge in [0.2, 0.25) is 0 Å². The van der Waals surface area contributed by atoms with Crippen molar-refractivity contribution >= 4 is 9.84 Å². The summed E-state index contributed by atoms with van der Waals surface area (Å²) in [7, 11) is -3.04. The van der Waals surface area contributed by atoms with E-state index in [2.05, 4.69) is 31.0 Å². The Kier molecular flexibility index (Phi) is 5.08. The summed E-state index contributed by atoms with van der Waals surface area (Å²) in [5, 5.41) is 3.61. The lowest BCUT2D eigenvalue weighted by molar-refractivity contribution is 0.0750. The standard InChI is InChI=1S/C14H30N2O2S/c1-7-12-9-15-14(5,8-2)11-16(12)10-13(3,4)19(6,17)18/h12,15H,7-11H2,1-6H3. The van der Waals surface area contributed by atoms with E-state index in [0.29, 0.717) is 12.6 Å². The smallest absolute Gasteiger partial charge is 0.153 e. The van der Waals surface area contributed by atoms with Crippen LogP contribution >= 0.6 is 0 Å². The maximum Gasteiger partial charge on any atom is 0.153 e. The molecule has 2 atom stereocenters. The van der Waals surface area contributed by atoms with Crippen molar-refractivity contribution in [3.8, 4) is 0 Å². The van der Waals surface area contributed by atoms with Gasteiger partial charge in [0.05, 0.1) is 4.75 Å². The Hall–Kier alpha value is -0.130. The van der Waals surface area contributed by atoms with Crippen LogP contribution in [-0.4, -0.2) is 55.5 Å². The average Bonchev–Trinajstić information content (AvgIpc) is 2.27. The first-order chi connectivity index (χ1) is 8.54. The lowest BCUT2D eigenvalue weighted by Gasteiger charge is -2.48. The van der Waals surface area contributed by atoms with Crippen LogP contribution < -0.4 is 5.32 Å². The molecule has 0 saturated carbocycles. The highest BCUT2D eigenvalue weighted by Gasteiger charge is 2.39. The van der Waals surface area contributed by atoms with E-state index in [9.17, 15) is 8.42 Å². The highest BCUT2D eigenvalue weighted by molar-refractivity contribution is 7.92. The Labute approximate surface area is 118 Å². The fourth-order valence-corrected chi connectivity index (χ4v) is 2.96. The topological polar surface area (TPSA) is 49.4 Å². The molecule has 114 valence electrons. The van der Waals surface area contributed by atoms with Crippen LogP contribution in [0.1, 0.15) is 47.5 Å². The van der Waals surface area contributed by atoms with Crippen LogP contribution in [0.5, 0.6) is 0 Å². The zero-order valence-corrected chi connectivity index (χ0v) is 14.1. The van der Waals surface area contributed by atoms with Gasteiger partial charge in [0, 0.05) is 37.5 Å². The molecule has 0 radical (unpaired) electrons. The van der Waals surface area contributed by atoms with E-state index in [4.69, 9.17) is 0 Å². The van der Waals surface area contributed by atoms with Crippen LogP contribution in [0.4, 0.5) is 0 Å². The lowest BCUT2D eigenvalue weighted by atomic mass is 9.92. The van der Waals surface area contributed by atoms with Gasteiger partial charge in [-0.2, -0.15) is 0 Å². The van der Waals surface area contributed by atoms with Crippen LogP contribution in [0.15, 0.2) is 0 Å². The fraction of sp³-hybridized carbons (Fsp3) is 1.00. The SMILES string of the molecule is CCC1CNC(C)(CC)CN1CC(C)(C)S(C)(=O)=O. The van der Waals surface area contributed by atoms with Crippen molar-refractivity contribution in [2.75, 3.05) is 25.9 Å².